The number of aryl methyl sites for hydroxylation is 3. The molecule has 0 aliphatic carbocycles. The summed E-state index contributed by atoms with van der Waals surface area (Å²) in [5.41, 5.74) is 3.12. The van der Waals surface area contributed by atoms with Crippen LogP contribution in [-0.4, -0.2) is 14.9 Å². The van der Waals surface area contributed by atoms with E-state index in [2.05, 4.69) is 10.4 Å². The SMILES string of the molecule is Cc1ccc(O)c(CNc2cc(C)n(C)n2)c1. The van der Waals surface area contributed by atoms with E-state index in [0.29, 0.717) is 12.3 Å². The Hall–Kier alpha value is -1.97. The van der Waals surface area contributed by atoms with E-state index in [4.69, 9.17) is 0 Å². The lowest BCUT2D eigenvalue weighted by molar-refractivity contribution is 0.469. The summed E-state index contributed by atoms with van der Waals surface area (Å²) in [4.78, 5) is 0. The number of aromatic nitrogens is 2. The lowest BCUT2D eigenvalue weighted by Crippen LogP contribution is -2.01. The number of aromatic hydroxyl groups is 1. The number of phenols is 1. The monoisotopic (exact) mass is 231 g/mol. The zero-order valence-corrected chi connectivity index (χ0v) is 10.4. The van der Waals surface area contributed by atoms with E-state index < -0.39 is 0 Å². The van der Waals surface area contributed by atoms with Gasteiger partial charge < -0.3 is 10.4 Å². The van der Waals surface area contributed by atoms with Gasteiger partial charge in [-0.2, -0.15) is 5.10 Å². The molecular formula is C13H17N3O. The second kappa shape index (κ2) is 4.49. The zero-order chi connectivity index (χ0) is 12.4. The van der Waals surface area contributed by atoms with Crippen LogP contribution in [0, 0.1) is 13.8 Å². The van der Waals surface area contributed by atoms with Gasteiger partial charge in [-0.1, -0.05) is 17.7 Å². The van der Waals surface area contributed by atoms with Crippen LogP contribution in [0.3, 0.4) is 0 Å². The Morgan fingerprint density at radius 1 is 1.29 bits per heavy atom. The van der Waals surface area contributed by atoms with E-state index in [1.165, 1.54) is 0 Å². The molecule has 17 heavy (non-hydrogen) atoms. The summed E-state index contributed by atoms with van der Waals surface area (Å²) >= 11 is 0. The average molecular weight is 231 g/mol. The van der Waals surface area contributed by atoms with Gasteiger partial charge in [0, 0.05) is 30.9 Å². The number of nitrogens with zero attached hydrogens (tertiary/aromatic N) is 2. The van der Waals surface area contributed by atoms with Crippen molar-refractivity contribution < 1.29 is 5.11 Å². The van der Waals surface area contributed by atoms with Crippen molar-refractivity contribution in [3.05, 3.63) is 41.1 Å². The lowest BCUT2D eigenvalue weighted by Gasteiger charge is -2.06. The van der Waals surface area contributed by atoms with Gasteiger partial charge in [-0.05, 0) is 19.9 Å². The van der Waals surface area contributed by atoms with Gasteiger partial charge in [0.15, 0.2) is 0 Å². The number of hydrogen-bond acceptors (Lipinski definition) is 3. The van der Waals surface area contributed by atoms with Crippen LogP contribution < -0.4 is 5.32 Å². The third-order valence-electron chi connectivity index (χ3n) is 2.81. The highest BCUT2D eigenvalue weighted by Gasteiger charge is 2.04. The molecule has 1 aromatic heterocycles. The van der Waals surface area contributed by atoms with Gasteiger partial charge in [-0.15, -0.1) is 0 Å². The van der Waals surface area contributed by atoms with E-state index in [1.54, 1.807) is 6.07 Å². The smallest absolute Gasteiger partial charge is 0.148 e. The summed E-state index contributed by atoms with van der Waals surface area (Å²) in [5.74, 6) is 1.14. The zero-order valence-electron chi connectivity index (χ0n) is 10.4. The summed E-state index contributed by atoms with van der Waals surface area (Å²) in [6.07, 6.45) is 0. The third kappa shape index (κ3) is 2.58. The molecule has 0 aliphatic rings. The number of nitrogens with one attached hydrogen (secondary N) is 1. The summed E-state index contributed by atoms with van der Waals surface area (Å²) < 4.78 is 1.82. The second-order valence-corrected chi connectivity index (χ2v) is 4.28. The highest BCUT2D eigenvalue weighted by molar-refractivity contribution is 5.41. The Kier molecular flexibility index (Phi) is 3.04. The van der Waals surface area contributed by atoms with Gasteiger partial charge >= 0.3 is 0 Å². The molecule has 0 radical (unpaired) electrons. The molecule has 0 fully saturated rings. The van der Waals surface area contributed by atoms with E-state index in [9.17, 15) is 5.11 Å². The molecule has 0 amide bonds. The normalized spacial score (nSPS) is 10.5. The molecule has 4 nitrogen and oxygen atoms in total. The second-order valence-electron chi connectivity index (χ2n) is 4.28. The predicted molar refractivity (Wildman–Crippen MR) is 68.1 cm³/mol. The maximum atomic E-state index is 9.71. The summed E-state index contributed by atoms with van der Waals surface area (Å²) in [6, 6.07) is 7.56. The van der Waals surface area contributed by atoms with Gasteiger partial charge in [0.1, 0.15) is 11.6 Å². The minimum Gasteiger partial charge on any atom is -0.508 e. The molecular weight excluding hydrogens is 214 g/mol. The third-order valence-corrected chi connectivity index (χ3v) is 2.81. The summed E-state index contributed by atoms with van der Waals surface area (Å²) in [5, 5.41) is 17.2. The molecule has 1 heterocycles. The number of rotatable bonds is 3. The molecule has 0 spiro atoms. The highest BCUT2D eigenvalue weighted by Crippen LogP contribution is 2.19. The Balaban J connectivity index is 2.09. The van der Waals surface area contributed by atoms with Crippen LogP contribution >= 0.6 is 0 Å². The Morgan fingerprint density at radius 3 is 2.71 bits per heavy atom. The first kappa shape index (κ1) is 11.5. The van der Waals surface area contributed by atoms with Crippen LogP contribution in [0.1, 0.15) is 16.8 Å². The van der Waals surface area contributed by atoms with Crippen LogP contribution in [0.2, 0.25) is 0 Å². The van der Waals surface area contributed by atoms with Gasteiger partial charge in [0.05, 0.1) is 0 Å². The molecule has 2 rings (SSSR count). The standard InChI is InChI=1S/C13H17N3O/c1-9-4-5-12(17)11(6-9)8-14-13-7-10(2)16(3)15-13/h4-7,17H,8H2,1-3H3,(H,14,15). The fraction of sp³-hybridized carbons (Fsp3) is 0.308. The Labute approximate surface area is 101 Å². The van der Waals surface area contributed by atoms with Gasteiger partial charge in [0.25, 0.3) is 0 Å². The van der Waals surface area contributed by atoms with Crippen molar-refractivity contribution >= 4 is 5.82 Å². The Morgan fingerprint density at radius 2 is 2.06 bits per heavy atom. The van der Waals surface area contributed by atoms with Crippen molar-refractivity contribution in [1.82, 2.24) is 9.78 Å². The Bertz CT molecular complexity index is 512. The minimum absolute atomic E-state index is 0.316. The molecule has 0 atom stereocenters. The van der Waals surface area contributed by atoms with Gasteiger partial charge in [-0.3, -0.25) is 4.68 Å². The fourth-order valence-corrected chi connectivity index (χ4v) is 1.69. The average Bonchev–Trinajstić information content (AvgIpc) is 2.60. The highest BCUT2D eigenvalue weighted by atomic mass is 16.3. The van der Waals surface area contributed by atoms with Gasteiger partial charge in [0.2, 0.25) is 0 Å². The van der Waals surface area contributed by atoms with Crippen LogP contribution in [0.15, 0.2) is 24.3 Å². The first-order chi connectivity index (χ1) is 8.06. The molecule has 0 saturated heterocycles. The molecule has 0 aliphatic heterocycles. The van der Waals surface area contributed by atoms with Crippen molar-refractivity contribution in [3.8, 4) is 5.75 Å². The quantitative estimate of drug-likeness (QED) is 0.852. The molecule has 0 bridgehead atoms. The largest absolute Gasteiger partial charge is 0.508 e. The van der Waals surface area contributed by atoms with E-state index in [0.717, 1.165) is 22.6 Å². The van der Waals surface area contributed by atoms with Crippen LogP contribution in [-0.2, 0) is 13.6 Å². The molecule has 0 saturated carbocycles. The molecule has 0 unspecified atom stereocenters. The molecule has 90 valence electrons. The maximum Gasteiger partial charge on any atom is 0.148 e. The van der Waals surface area contributed by atoms with Crippen molar-refractivity contribution in [1.29, 1.82) is 0 Å². The number of anilines is 1. The number of benzene rings is 1. The van der Waals surface area contributed by atoms with Crippen LogP contribution in [0.4, 0.5) is 5.82 Å². The fourth-order valence-electron chi connectivity index (χ4n) is 1.69. The number of hydrogen-bond donors (Lipinski definition) is 2. The predicted octanol–water partition coefficient (Wildman–Crippen LogP) is 2.35. The van der Waals surface area contributed by atoms with Gasteiger partial charge in [-0.25, -0.2) is 0 Å². The van der Waals surface area contributed by atoms with E-state index in [1.807, 2.05) is 43.8 Å². The van der Waals surface area contributed by atoms with Crippen molar-refractivity contribution in [2.45, 2.75) is 20.4 Å². The first-order valence-corrected chi connectivity index (χ1v) is 5.59. The summed E-state index contributed by atoms with van der Waals surface area (Å²) in [6.45, 7) is 4.58. The maximum absolute atomic E-state index is 9.71. The van der Waals surface area contributed by atoms with Crippen LogP contribution in [0.5, 0.6) is 5.75 Å². The first-order valence-electron chi connectivity index (χ1n) is 5.59. The van der Waals surface area contributed by atoms with E-state index >= 15 is 0 Å². The number of phenolic OH excluding ortho intramolecular Hbond substituents is 1. The molecule has 1 aromatic carbocycles. The van der Waals surface area contributed by atoms with Crippen molar-refractivity contribution in [2.75, 3.05) is 5.32 Å². The summed E-state index contributed by atoms with van der Waals surface area (Å²) in [7, 11) is 1.91. The molecule has 2 aromatic rings. The molecule has 2 N–H and O–H groups in total. The lowest BCUT2D eigenvalue weighted by atomic mass is 10.1. The van der Waals surface area contributed by atoms with E-state index in [-0.39, 0.29) is 0 Å². The van der Waals surface area contributed by atoms with Crippen LogP contribution in [0.25, 0.3) is 0 Å². The topological polar surface area (TPSA) is 50.1 Å². The minimum atomic E-state index is 0.316. The van der Waals surface area contributed by atoms with Crippen molar-refractivity contribution in [3.63, 3.8) is 0 Å². The van der Waals surface area contributed by atoms with Crippen molar-refractivity contribution in [2.24, 2.45) is 7.05 Å². The molecule has 4 heteroatoms.